The van der Waals surface area contributed by atoms with E-state index in [0.717, 1.165) is 32.1 Å². The van der Waals surface area contributed by atoms with Gasteiger partial charge in [0.25, 0.3) is 0 Å². The summed E-state index contributed by atoms with van der Waals surface area (Å²) in [5.41, 5.74) is 0. The van der Waals surface area contributed by atoms with Crippen LogP contribution in [-0.2, 0) is 19.0 Å². The summed E-state index contributed by atoms with van der Waals surface area (Å²) in [6.07, 6.45) is 4.96. The molecule has 0 unspecified atom stereocenters. The molecule has 0 aromatic heterocycles. The topological polar surface area (TPSA) is 65.0 Å². The van der Waals surface area contributed by atoms with Crippen LogP contribution in [0.5, 0.6) is 0 Å². The Balaban J connectivity index is 1.63. The van der Waals surface area contributed by atoms with E-state index in [9.17, 15) is 9.90 Å². The van der Waals surface area contributed by atoms with Crippen molar-refractivity contribution in [3.05, 3.63) is 0 Å². The van der Waals surface area contributed by atoms with Crippen molar-refractivity contribution in [3.8, 4) is 0 Å². The summed E-state index contributed by atoms with van der Waals surface area (Å²) in [5.74, 6) is 1.21. The number of hydrogen-bond donors (Lipinski definition) is 1. The molecule has 1 saturated carbocycles. The van der Waals surface area contributed by atoms with Crippen LogP contribution in [0, 0.1) is 23.7 Å². The summed E-state index contributed by atoms with van der Waals surface area (Å²) < 4.78 is 17.3. The summed E-state index contributed by atoms with van der Waals surface area (Å²) >= 11 is 0. The van der Waals surface area contributed by atoms with E-state index >= 15 is 0 Å². The van der Waals surface area contributed by atoms with E-state index in [0.29, 0.717) is 24.9 Å². The summed E-state index contributed by atoms with van der Waals surface area (Å²) in [6.45, 7) is 10.9. The first-order valence-corrected chi connectivity index (χ1v) is 10.5. The van der Waals surface area contributed by atoms with E-state index in [1.165, 1.54) is 0 Å². The first-order valence-electron chi connectivity index (χ1n) is 10.5. The van der Waals surface area contributed by atoms with E-state index in [-0.39, 0.29) is 36.3 Å². The van der Waals surface area contributed by atoms with Crippen LogP contribution in [0.1, 0.15) is 73.1 Å². The number of hydrogen-bond acceptors (Lipinski definition) is 5. The molecule has 2 aliphatic rings. The van der Waals surface area contributed by atoms with Gasteiger partial charge in [-0.1, -0.05) is 33.6 Å². The molecule has 26 heavy (non-hydrogen) atoms. The number of aliphatic hydroxyl groups is 1. The van der Waals surface area contributed by atoms with Gasteiger partial charge in [-0.25, -0.2) is 0 Å². The van der Waals surface area contributed by atoms with Gasteiger partial charge in [-0.3, -0.25) is 4.79 Å². The third kappa shape index (κ3) is 6.21. The fourth-order valence-electron chi connectivity index (χ4n) is 3.72. The Morgan fingerprint density at radius 1 is 1.23 bits per heavy atom. The van der Waals surface area contributed by atoms with E-state index in [1.54, 1.807) is 0 Å². The predicted octanol–water partition coefficient (Wildman–Crippen LogP) is 3.92. The van der Waals surface area contributed by atoms with Gasteiger partial charge in [0.05, 0.1) is 30.8 Å². The molecule has 5 heteroatoms. The van der Waals surface area contributed by atoms with Gasteiger partial charge in [0.15, 0.2) is 6.29 Å². The summed E-state index contributed by atoms with van der Waals surface area (Å²) in [7, 11) is 0. The van der Waals surface area contributed by atoms with Gasteiger partial charge in [-0.2, -0.15) is 0 Å². The highest BCUT2D eigenvalue weighted by atomic mass is 16.7. The molecule has 2 rings (SSSR count). The molecule has 1 aliphatic carbocycles. The van der Waals surface area contributed by atoms with Crippen molar-refractivity contribution in [2.75, 3.05) is 6.61 Å². The first kappa shape index (κ1) is 21.6. The monoisotopic (exact) mass is 370 g/mol. The second-order valence-electron chi connectivity index (χ2n) is 8.43. The molecule has 2 fully saturated rings. The second-order valence-corrected chi connectivity index (χ2v) is 8.43. The molecule has 0 amide bonds. The van der Waals surface area contributed by atoms with Gasteiger partial charge in [-0.15, -0.1) is 0 Å². The van der Waals surface area contributed by atoms with Gasteiger partial charge >= 0.3 is 5.97 Å². The smallest absolute Gasteiger partial charge is 0.309 e. The zero-order valence-corrected chi connectivity index (χ0v) is 17.1. The average Bonchev–Trinajstić information content (AvgIpc) is 3.38. The first-order chi connectivity index (χ1) is 12.3. The molecule has 152 valence electrons. The summed E-state index contributed by atoms with van der Waals surface area (Å²) in [5, 5.41) is 9.85. The standard InChI is InChI=1S/C21H38O5/c1-6-16(7-2)12-24-20(23)18-11-17(18)9-8-14(4)25-21-13(3)10-19(22)15(5)26-21/h13-19,21-22H,6-12H2,1-5H3/t13-,14-,15+,17-,18-,19-,21-/m1/s1. The van der Waals surface area contributed by atoms with Gasteiger partial charge in [-0.05, 0) is 51.4 Å². The minimum absolute atomic E-state index is 0.0116. The van der Waals surface area contributed by atoms with Crippen molar-refractivity contribution in [2.45, 2.75) is 97.7 Å². The molecule has 0 aromatic carbocycles. The van der Waals surface area contributed by atoms with Crippen LogP contribution in [0.2, 0.25) is 0 Å². The lowest BCUT2D eigenvalue weighted by atomic mass is 9.96. The van der Waals surface area contributed by atoms with Crippen LogP contribution < -0.4 is 0 Å². The third-order valence-corrected chi connectivity index (χ3v) is 6.12. The van der Waals surface area contributed by atoms with Crippen LogP contribution in [0.3, 0.4) is 0 Å². The Morgan fingerprint density at radius 3 is 2.58 bits per heavy atom. The maximum Gasteiger partial charge on any atom is 0.309 e. The molecule has 1 heterocycles. The van der Waals surface area contributed by atoms with E-state index < -0.39 is 6.10 Å². The van der Waals surface area contributed by atoms with Crippen molar-refractivity contribution >= 4 is 5.97 Å². The van der Waals surface area contributed by atoms with Crippen LogP contribution in [0.15, 0.2) is 0 Å². The summed E-state index contributed by atoms with van der Waals surface area (Å²) in [6, 6.07) is 0. The molecule has 1 N–H and O–H groups in total. The van der Waals surface area contributed by atoms with Crippen molar-refractivity contribution in [3.63, 3.8) is 0 Å². The molecule has 7 atom stereocenters. The fourth-order valence-corrected chi connectivity index (χ4v) is 3.72. The molecule has 1 aliphatic heterocycles. The number of rotatable bonds is 10. The second kappa shape index (κ2) is 10.0. The Labute approximate surface area is 158 Å². The Bertz CT molecular complexity index is 436. The van der Waals surface area contributed by atoms with Crippen LogP contribution in [0.25, 0.3) is 0 Å². The van der Waals surface area contributed by atoms with Gasteiger partial charge in [0.1, 0.15) is 0 Å². The van der Waals surface area contributed by atoms with Crippen molar-refractivity contribution in [2.24, 2.45) is 23.7 Å². The lowest BCUT2D eigenvalue weighted by Gasteiger charge is -2.37. The lowest BCUT2D eigenvalue weighted by molar-refractivity contribution is -0.255. The van der Waals surface area contributed by atoms with E-state index in [4.69, 9.17) is 14.2 Å². The van der Waals surface area contributed by atoms with E-state index in [1.807, 2.05) is 6.92 Å². The molecule has 1 saturated heterocycles. The zero-order valence-electron chi connectivity index (χ0n) is 17.1. The number of carbonyl (C=O) groups is 1. The average molecular weight is 371 g/mol. The van der Waals surface area contributed by atoms with Gasteiger partial charge in [0, 0.05) is 5.92 Å². The van der Waals surface area contributed by atoms with Gasteiger partial charge < -0.3 is 19.3 Å². The molecule has 0 aromatic rings. The van der Waals surface area contributed by atoms with Crippen LogP contribution in [-0.4, -0.2) is 42.3 Å². The lowest BCUT2D eigenvalue weighted by Crippen LogP contribution is -2.44. The number of esters is 1. The Morgan fingerprint density at radius 2 is 1.92 bits per heavy atom. The molecule has 0 radical (unpaired) electrons. The minimum Gasteiger partial charge on any atom is -0.465 e. The summed E-state index contributed by atoms with van der Waals surface area (Å²) in [4.78, 5) is 12.1. The maximum absolute atomic E-state index is 12.1. The highest BCUT2D eigenvalue weighted by molar-refractivity contribution is 5.75. The number of ether oxygens (including phenoxy) is 3. The minimum atomic E-state index is -0.404. The zero-order chi connectivity index (χ0) is 19.3. The SMILES string of the molecule is CCC(CC)COC(=O)[C@@H]1C[C@H]1CC[C@@H](C)O[C@@H]1O[C@@H](C)[C@H](O)C[C@H]1C. The molecule has 0 spiro atoms. The molecular weight excluding hydrogens is 332 g/mol. The molecule has 0 bridgehead atoms. The fraction of sp³-hybridized carbons (Fsp3) is 0.952. The molecule has 5 nitrogen and oxygen atoms in total. The van der Waals surface area contributed by atoms with E-state index in [2.05, 4.69) is 27.7 Å². The van der Waals surface area contributed by atoms with Crippen molar-refractivity contribution < 1.29 is 24.1 Å². The Kier molecular flexibility index (Phi) is 8.37. The number of carbonyl (C=O) groups excluding carboxylic acids is 1. The van der Waals surface area contributed by atoms with Crippen molar-refractivity contribution in [1.29, 1.82) is 0 Å². The maximum atomic E-state index is 12.1. The Hall–Kier alpha value is -0.650. The normalized spacial score (nSPS) is 35.3. The largest absolute Gasteiger partial charge is 0.465 e. The van der Waals surface area contributed by atoms with Crippen LogP contribution in [0.4, 0.5) is 0 Å². The quantitative estimate of drug-likeness (QED) is 0.591. The van der Waals surface area contributed by atoms with Gasteiger partial charge in [0.2, 0.25) is 0 Å². The highest BCUT2D eigenvalue weighted by Gasteiger charge is 2.44. The molecular formula is C21H38O5. The van der Waals surface area contributed by atoms with Crippen molar-refractivity contribution in [1.82, 2.24) is 0 Å². The van der Waals surface area contributed by atoms with Crippen LogP contribution >= 0.6 is 0 Å². The third-order valence-electron chi connectivity index (χ3n) is 6.12. The highest BCUT2D eigenvalue weighted by Crippen LogP contribution is 2.43. The number of aliphatic hydroxyl groups excluding tert-OH is 1. The predicted molar refractivity (Wildman–Crippen MR) is 101 cm³/mol.